The van der Waals surface area contributed by atoms with Gasteiger partial charge < -0.3 is 10.2 Å². The third-order valence-electron chi connectivity index (χ3n) is 3.24. The van der Waals surface area contributed by atoms with Crippen molar-refractivity contribution in [2.24, 2.45) is 7.05 Å². The first-order valence-corrected chi connectivity index (χ1v) is 6.41. The number of aromatic nitrogens is 4. The molecule has 1 N–H and O–H groups in total. The molecule has 17 heavy (non-hydrogen) atoms. The van der Waals surface area contributed by atoms with E-state index in [1.54, 1.807) is 4.68 Å². The SMILES string of the molecule is CC(C)NCC1CCCCN1c1nnnn1C. The number of hydrogen-bond acceptors (Lipinski definition) is 5. The molecule has 1 unspecified atom stereocenters. The van der Waals surface area contributed by atoms with Crippen LogP contribution in [0.1, 0.15) is 33.1 Å². The van der Waals surface area contributed by atoms with Gasteiger partial charge in [-0.25, -0.2) is 4.68 Å². The summed E-state index contributed by atoms with van der Waals surface area (Å²) >= 11 is 0. The third kappa shape index (κ3) is 2.94. The lowest BCUT2D eigenvalue weighted by atomic mass is 10.0. The Morgan fingerprint density at radius 3 is 2.88 bits per heavy atom. The van der Waals surface area contributed by atoms with Crippen molar-refractivity contribution in [2.45, 2.75) is 45.2 Å². The van der Waals surface area contributed by atoms with Crippen LogP contribution in [0.4, 0.5) is 5.95 Å². The van der Waals surface area contributed by atoms with Gasteiger partial charge in [-0.05, 0) is 29.7 Å². The molecule has 2 rings (SSSR count). The lowest BCUT2D eigenvalue weighted by molar-refractivity contribution is 0.412. The molecule has 6 heteroatoms. The third-order valence-corrected chi connectivity index (χ3v) is 3.24. The Balaban J connectivity index is 2.04. The molecule has 1 saturated heterocycles. The van der Waals surface area contributed by atoms with Crippen molar-refractivity contribution in [1.82, 2.24) is 25.5 Å². The van der Waals surface area contributed by atoms with Gasteiger partial charge in [-0.3, -0.25) is 0 Å². The van der Waals surface area contributed by atoms with Crippen LogP contribution in [0.3, 0.4) is 0 Å². The summed E-state index contributed by atoms with van der Waals surface area (Å²) in [6.07, 6.45) is 3.74. The average molecular weight is 238 g/mol. The Morgan fingerprint density at radius 1 is 1.41 bits per heavy atom. The summed E-state index contributed by atoms with van der Waals surface area (Å²) < 4.78 is 1.76. The monoisotopic (exact) mass is 238 g/mol. The number of tetrazole rings is 1. The maximum absolute atomic E-state index is 4.12. The highest BCUT2D eigenvalue weighted by Gasteiger charge is 2.25. The van der Waals surface area contributed by atoms with E-state index in [1.807, 2.05) is 7.05 Å². The summed E-state index contributed by atoms with van der Waals surface area (Å²) in [4.78, 5) is 2.33. The van der Waals surface area contributed by atoms with E-state index in [0.717, 1.165) is 19.0 Å². The van der Waals surface area contributed by atoms with Crippen LogP contribution in [0.15, 0.2) is 0 Å². The van der Waals surface area contributed by atoms with Crippen molar-refractivity contribution in [1.29, 1.82) is 0 Å². The van der Waals surface area contributed by atoms with Crippen LogP contribution in [0.25, 0.3) is 0 Å². The Bertz CT molecular complexity index is 347. The Kier molecular flexibility index (Phi) is 3.93. The molecule has 96 valence electrons. The molecule has 0 spiro atoms. The van der Waals surface area contributed by atoms with Gasteiger partial charge in [-0.15, -0.1) is 0 Å². The molecule has 0 aromatic carbocycles. The fourth-order valence-corrected chi connectivity index (χ4v) is 2.32. The highest BCUT2D eigenvalue weighted by molar-refractivity contribution is 5.30. The maximum Gasteiger partial charge on any atom is 0.245 e. The average Bonchev–Trinajstić information content (AvgIpc) is 2.73. The molecule has 0 radical (unpaired) electrons. The van der Waals surface area contributed by atoms with Crippen LogP contribution in [-0.2, 0) is 7.05 Å². The minimum absolute atomic E-state index is 0.510. The lowest BCUT2D eigenvalue weighted by Gasteiger charge is -2.36. The fourth-order valence-electron chi connectivity index (χ4n) is 2.32. The Morgan fingerprint density at radius 2 is 2.24 bits per heavy atom. The summed E-state index contributed by atoms with van der Waals surface area (Å²) in [5.41, 5.74) is 0. The molecule has 0 saturated carbocycles. The summed E-state index contributed by atoms with van der Waals surface area (Å²) in [5, 5.41) is 15.3. The normalized spacial score (nSPS) is 21.2. The van der Waals surface area contributed by atoms with E-state index in [0.29, 0.717) is 12.1 Å². The quantitative estimate of drug-likeness (QED) is 0.831. The topological polar surface area (TPSA) is 58.9 Å². The predicted octanol–water partition coefficient (Wildman–Crippen LogP) is 0.567. The number of aryl methyl sites for hydroxylation is 1. The zero-order chi connectivity index (χ0) is 12.3. The summed E-state index contributed by atoms with van der Waals surface area (Å²) in [6.45, 7) is 6.41. The fraction of sp³-hybridized carbons (Fsp3) is 0.909. The number of piperidine rings is 1. The zero-order valence-corrected chi connectivity index (χ0v) is 10.9. The molecular weight excluding hydrogens is 216 g/mol. The van der Waals surface area contributed by atoms with Crippen LogP contribution in [0.5, 0.6) is 0 Å². The molecule has 1 fully saturated rings. The molecule has 1 aromatic rings. The van der Waals surface area contributed by atoms with E-state index in [4.69, 9.17) is 0 Å². The second-order valence-corrected chi connectivity index (χ2v) is 5.01. The smallest absolute Gasteiger partial charge is 0.245 e. The van der Waals surface area contributed by atoms with E-state index in [9.17, 15) is 0 Å². The van der Waals surface area contributed by atoms with Gasteiger partial charge in [-0.1, -0.05) is 18.9 Å². The van der Waals surface area contributed by atoms with E-state index < -0.39 is 0 Å². The van der Waals surface area contributed by atoms with Crippen LogP contribution in [-0.4, -0.2) is 45.4 Å². The van der Waals surface area contributed by atoms with Gasteiger partial charge in [0.05, 0.1) is 0 Å². The first-order chi connectivity index (χ1) is 8.18. The van der Waals surface area contributed by atoms with Crippen molar-refractivity contribution in [3.63, 3.8) is 0 Å². The van der Waals surface area contributed by atoms with Gasteiger partial charge >= 0.3 is 0 Å². The maximum atomic E-state index is 4.12. The highest BCUT2D eigenvalue weighted by Crippen LogP contribution is 2.21. The first kappa shape index (κ1) is 12.3. The predicted molar refractivity (Wildman–Crippen MR) is 66.9 cm³/mol. The van der Waals surface area contributed by atoms with Gasteiger partial charge in [0, 0.05) is 32.2 Å². The molecule has 0 aliphatic carbocycles. The Hall–Kier alpha value is -1.17. The molecule has 1 atom stereocenters. The summed E-state index contributed by atoms with van der Waals surface area (Å²) in [6, 6.07) is 1.03. The minimum Gasteiger partial charge on any atom is -0.335 e. The molecule has 1 aliphatic heterocycles. The minimum atomic E-state index is 0.510. The van der Waals surface area contributed by atoms with E-state index in [-0.39, 0.29) is 0 Å². The molecule has 6 nitrogen and oxygen atoms in total. The Labute approximate surface area is 102 Å². The van der Waals surface area contributed by atoms with Crippen molar-refractivity contribution in [2.75, 3.05) is 18.0 Å². The standard InChI is InChI=1S/C11H22N6/c1-9(2)12-8-10-6-4-5-7-17(10)11-13-14-15-16(11)3/h9-10,12H,4-8H2,1-3H3. The molecule has 0 bridgehead atoms. The molecule has 0 amide bonds. The number of nitrogens with zero attached hydrogens (tertiary/aromatic N) is 5. The van der Waals surface area contributed by atoms with Gasteiger partial charge in [0.25, 0.3) is 0 Å². The van der Waals surface area contributed by atoms with Gasteiger partial charge in [-0.2, -0.15) is 0 Å². The number of anilines is 1. The van der Waals surface area contributed by atoms with Crippen molar-refractivity contribution >= 4 is 5.95 Å². The highest BCUT2D eigenvalue weighted by atomic mass is 15.6. The largest absolute Gasteiger partial charge is 0.335 e. The summed E-state index contributed by atoms with van der Waals surface area (Å²) in [7, 11) is 1.90. The molecule has 1 aliphatic rings. The molecule has 1 aromatic heterocycles. The van der Waals surface area contributed by atoms with Crippen molar-refractivity contribution in [3.05, 3.63) is 0 Å². The second-order valence-electron chi connectivity index (χ2n) is 5.01. The van der Waals surface area contributed by atoms with E-state index >= 15 is 0 Å². The van der Waals surface area contributed by atoms with Crippen LogP contribution in [0.2, 0.25) is 0 Å². The van der Waals surface area contributed by atoms with Crippen LogP contribution in [0, 0.1) is 0 Å². The van der Waals surface area contributed by atoms with E-state index in [1.165, 1.54) is 19.3 Å². The molecule has 2 heterocycles. The second kappa shape index (κ2) is 5.44. The van der Waals surface area contributed by atoms with Crippen LogP contribution < -0.4 is 10.2 Å². The number of nitrogens with one attached hydrogen (secondary N) is 1. The van der Waals surface area contributed by atoms with Crippen molar-refractivity contribution in [3.8, 4) is 0 Å². The van der Waals surface area contributed by atoms with Gasteiger partial charge in [0.15, 0.2) is 0 Å². The van der Waals surface area contributed by atoms with Crippen molar-refractivity contribution < 1.29 is 0 Å². The zero-order valence-electron chi connectivity index (χ0n) is 10.9. The van der Waals surface area contributed by atoms with Gasteiger partial charge in [0.2, 0.25) is 5.95 Å². The van der Waals surface area contributed by atoms with Gasteiger partial charge in [0.1, 0.15) is 0 Å². The van der Waals surface area contributed by atoms with Crippen LogP contribution >= 0.6 is 0 Å². The number of hydrogen-bond donors (Lipinski definition) is 1. The molecular formula is C11H22N6. The number of rotatable bonds is 4. The van der Waals surface area contributed by atoms with E-state index in [2.05, 4.69) is 39.6 Å². The summed E-state index contributed by atoms with van der Waals surface area (Å²) in [5.74, 6) is 0.889. The lowest BCUT2D eigenvalue weighted by Crippen LogP contribution is -2.47. The first-order valence-electron chi connectivity index (χ1n) is 6.41.